The summed E-state index contributed by atoms with van der Waals surface area (Å²) in [5.41, 5.74) is 6.06. The topological polar surface area (TPSA) is 46.3 Å². The zero-order valence-electron chi connectivity index (χ0n) is 8.74. The van der Waals surface area contributed by atoms with Gasteiger partial charge in [0.1, 0.15) is 0 Å². The van der Waals surface area contributed by atoms with Crippen LogP contribution in [0.4, 0.5) is 0 Å². The molecule has 0 spiro atoms. The average molecular weight is 284 g/mol. The molecule has 1 rings (SSSR count). The van der Waals surface area contributed by atoms with Crippen molar-refractivity contribution in [2.45, 2.75) is 6.54 Å². The first kappa shape index (κ1) is 15.5. The first-order valence-corrected chi connectivity index (χ1v) is 5.18. The molecule has 3 nitrogen and oxygen atoms in total. The summed E-state index contributed by atoms with van der Waals surface area (Å²) in [5, 5.41) is 0.971. The fourth-order valence-corrected chi connectivity index (χ4v) is 1.55. The highest BCUT2D eigenvalue weighted by Gasteiger charge is 2.10. The number of rotatable bonds is 3. The Balaban J connectivity index is 0.00000225. The van der Waals surface area contributed by atoms with Crippen molar-refractivity contribution in [3.05, 3.63) is 33.8 Å². The zero-order chi connectivity index (χ0) is 11.4. The molecule has 0 saturated carbocycles. The van der Waals surface area contributed by atoms with Crippen molar-refractivity contribution in [3.8, 4) is 0 Å². The highest BCUT2D eigenvalue weighted by Crippen LogP contribution is 2.26. The van der Waals surface area contributed by atoms with Gasteiger partial charge in [-0.2, -0.15) is 0 Å². The lowest BCUT2D eigenvalue weighted by Gasteiger charge is -2.17. The van der Waals surface area contributed by atoms with E-state index in [1.165, 1.54) is 4.90 Å². The van der Waals surface area contributed by atoms with Gasteiger partial charge in [0.15, 0.2) is 0 Å². The van der Waals surface area contributed by atoms with Crippen LogP contribution in [0.1, 0.15) is 5.56 Å². The van der Waals surface area contributed by atoms with E-state index in [9.17, 15) is 4.79 Å². The number of carbonyl (C=O) groups is 1. The highest BCUT2D eigenvalue weighted by atomic mass is 35.5. The second-order valence-corrected chi connectivity index (χ2v) is 3.95. The number of likely N-dealkylation sites (N-methyl/N-ethyl adjacent to an activating group) is 1. The Hall–Kier alpha value is -0.480. The van der Waals surface area contributed by atoms with E-state index in [4.69, 9.17) is 28.9 Å². The van der Waals surface area contributed by atoms with E-state index < -0.39 is 0 Å². The van der Waals surface area contributed by atoms with E-state index in [0.717, 1.165) is 5.56 Å². The molecular weight excluding hydrogens is 270 g/mol. The number of amides is 1. The molecule has 0 heterocycles. The summed E-state index contributed by atoms with van der Waals surface area (Å²) in [6, 6.07) is 5.33. The minimum absolute atomic E-state index is 0. The number of halogens is 3. The van der Waals surface area contributed by atoms with E-state index in [-0.39, 0.29) is 24.9 Å². The number of carbonyl (C=O) groups excluding carboxylic acids is 1. The fourth-order valence-electron chi connectivity index (χ4n) is 1.17. The van der Waals surface area contributed by atoms with Crippen LogP contribution in [0.15, 0.2) is 18.2 Å². The van der Waals surface area contributed by atoms with E-state index in [2.05, 4.69) is 0 Å². The fraction of sp³-hybridized carbons (Fsp3) is 0.300. The summed E-state index contributed by atoms with van der Waals surface area (Å²) in [7, 11) is 1.67. The Morgan fingerprint density at radius 3 is 2.62 bits per heavy atom. The van der Waals surface area contributed by atoms with E-state index >= 15 is 0 Å². The Kier molecular flexibility index (Phi) is 6.76. The van der Waals surface area contributed by atoms with Gasteiger partial charge in [-0.05, 0) is 11.6 Å². The van der Waals surface area contributed by atoms with Gasteiger partial charge in [-0.1, -0.05) is 35.3 Å². The maximum Gasteiger partial charge on any atom is 0.236 e. The smallest absolute Gasteiger partial charge is 0.236 e. The largest absolute Gasteiger partial charge is 0.340 e. The Bertz CT molecular complexity index is 371. The maximum atomic E-state index is 11.2. The monoisotopic (exact) mass is 282 g/mol. The SMILES string of the molecule is CN(Cc1cccc(Cl)c1Cl)C(=O)CN.Cl. The molecule has 0 bridgehead atoms. The van der Waals surface area contributed by atoms with Crippen molar-refractivity contribution >= 4 is 41.5 Å². The van der Waals surface area contributed by atoms with Crippen LogP contribution in [0.25, 0.3) is 0 Å². The Labute approximate surface area is 111 Å². The van der Waals surface area contributed by atoms with Crippen molar-refractivity contribution in [2.75, 3.05) is 13.6 Å². The van der Waals surface area contributed by atoms with Crippen LogP contribution < -0.4 is 5.73 Å². The van der Waals surface area contributed by atoms with Crippen LogP contribution in [-0.4, -0.2) is 24.4 Å². The first-order valence-electron chi connectivity index (χ1n) is 4.43. The molecule has 0 aliphatic heterocycles. The lowest BCUT2D eigenvalue weighted by atomic mass is 10.2. The van der Waals surface area contributed by atoms with Gasteiger partial charge in [0, 0.05) is 13.6 Å². The summed E-state index contributed by atoms with van der Waals surface area (Å²) in [4.78, 5) is 12.7. The summed E-state index contributed by atoms with van der Waals surface area (Å²) in [5.74, 6) is -0.133. The molecule has 0 aromatic heterocycles. The number of hydrogen-bond donors (Lipinski definition) is 1. The summed E-state index contributed by atoms with van der Waals surface area (Å²) < 4.78 is 0. The molecule has 0 fully saturated rings. The van der Waals surface area contributed by atoms with Crippen molar-refractivity contribution in [1.82, 2.24) is 4.90 Å². The van der Waals surface area contributed by atoms with Crippen LogP contribution in [0.2, 0.25) is 10.0 Å². The lowest BCUT2D eigenvalue weighted by Crippen LogP contribution is -2.32. The molecule has 6 heteroatoms. The van der Waals surface area contributed by atoms with Crippen molar-refractivity contribution in [2.24, 2.45) is 5.73 Å². The van der Waals surface area contributed by atoms with Crippen LogP contribution in [0.5, 0.6) is 0 Å². The molecular formula is C10H13Cl3N2O. The molecule has 2 N–H and O–H groups in total. The number of nitrogens with two attached hydrogens (primary N) is 1. The predicted molar refractivity (Wildman–Crippen MR) is 69.2 cm³/mol. The normalized spacial score (nSPS) is 9.50. The minimum Gasteiger partial charge on any atom is -0.340 e. The van der Waals surface area contributed by atoms with Gasteiger partial charge in [0.25, 0.3) is 0 Å². The number of hydrogen-bond acceptors (Lipinski definition) is 2. The molecule has 0 aliphatic carbocycles. The predicted octanol–water partition coefficient (Wildman–Crippen LogP) is 2.33. The van der Waals surface area contributed by atoms with Crippen LogP contribution >= 0.6 is 35.6 Å². The first-order chi connectivity index (χ1) is 7.06. The molecule has 0 atom stereocenters. The van der Waals surface area contributed by atoms with Gasteiger partial charge < -0.3 is 10.6 Å². The van der Waals surface area contributed by atoms with E-state index in [1.54, 1.807) is 19.2 Å². The average Bonchev–Trinajstić information content (AvgIpc) is 2.23. The third kappa shape index (κ3) is 3.83. The van der Waals surface area contributed by atoms with Gasteiger partial charge in [0.2, 0.25) is 5.91 Å². The second-order valence-electron chi connectivity index (χ2n) is 3.17. The molecule has 1 aromatic carbocycles. The van der Waals surface area contributed by atoms with E-state index in [1.807, 2.05) is 6.07 Å². The van der Waals surface area contributed by atoms with Gasteiger partial charge >= 0.3 is 0 Å². The van der Waals surface area contributed by atoms with E-state index in [0.29, 0.717) is 16.6 Å². The Morgan fingerprint density at radius 2 is 2.06 bits per heavy atom. The number of benzene rings is 1. The summed E-state index contributed by atoms with van der Waals surface area (Å²) in [6.07, 6.45) is 0. The molecule has 1 aromatic rings. The molecule has 0 aliphatic rings. The maximum absolute atomic E-state index is 11.2. The quantitative estimate of drug-likeness (QED) is 0.925. The van der Waals surface area contributed by atoms with Crippen LogP contribution in [-0.2, 0) is 11.3 Å². The molecule has 0 saturated heterocycles. The summed E-state index contributed by atoms with van der Waals surface area (Å²) >= 11 is 11.8. The molecule has 90 valence electrons. The van der Waals surface area contributed by atoms with Gasteiger partial charge in [-0.25, -0.2) is 0 Å². The van der Waals surface area contributed by atoms with Crippen molar-refractivity contribution in [3.63, 3.8) is 0 Å². The lowest BCUT2D eigenvalue weighted by molar-refractivity contribution is -0.128. The minimum atomic E-state index is -0.133. The van der Waals surface area contributed by atoms with Gasteiger partial charge in [-0.15, -0.1) is 12.4 Å². The molecule has 1 amide bonds. The third-order valence-electron chi connectivity index (χ3n) is 2.04. The number of nitrogens with zero attached hydrogens (tertiary/aromatic N) is 1. The highest BCUT2D eigenvalue weighted by molar-refractivity contribution is 6.42. The molecule has 0 unspecified atom stereocenters. The van der Waals surface area contributed by atoms with Crippen molar-refractivity contribution in [1.29, 1.82) is 0 Å². The molecule has 16 heavy (non-hydrogen) atoms. The van der Waals surface area contributed by atoms with Gasteiger partial charge in [-0.3, -0.25) is 4.79 Å². The third-order valence-corrected chi connectivity index (χ3v) is 2.90. The Morgan fingerprint density at radius 1 is 1.44 bits per heavy atom. The second kappa shape index (κ2) is 6.97. The van der Waals surface area contributed by atoms with Crippen LogP contribution in [0.3, 0.4) is 0 Å². The zero-order valence-corrected chi connectivity index (χ0v) is 11.1. The van der Waals surface area contributed by atoms with Gasteiger partial charge in [0.05, 0.1) is 16.6 Å². The standard InChI is InChI=1S/C10H12Cl2N2O.ClH/c1-14(9(15)5-13)6-7-3-2-4-8(11)10(7)12;/h2-4H,5-6,13H2,1H3;1H. The van der Waals surface area contributed by atoms with Crippen molar-refractivity contribution < 1.29 is 4.79 Å². The molecule has 0 radical (unpaired) electrons. The summed E-state index contributed by atoms with van der Waals surface area (Å²) in [6.45, 7) is 0.407. The van der Waals surface area contributed by atoms with Crippen LogP contribution in [0, 0.1) is 0 Å².